The fraction of sp³-hybridized carbons (Fsp3) is 0.214. The summed E-state index contributed by atoms with van der Waals surface area (Å²) in [7, 11) is 0. The summed E-state index contributed by atoms with van der Waals surface area (Å²) in [5.74, 6) is -2.56. The molecule has 3 aromatic carbocycles. The van der Waals surface area contributed by atoms with Crippen molar-refractivity contribution in [3.05, 3.63) is 84.3 Å². The minimum absolute atomic E-state index is 0.0322. The van der Waals surface area contributed by atoms with Crippen LogP contribution in [0.3, 0.4) is 0 Å². The third-order valence-corrected chi connectivity index (χ3v) is 8.79. The highest BCUT2D eigenvalue weighted by molar-refractivity contribution is 6.56. The zero-order valence-corrected chi connectivity index (χ0v) is 23.9. The molecule has 11 heteroatoms. The van der Waals surface area contributed by atoms with Crippen LogP contribution >= 0.6 is 46.4 Å². The van der Waals surface area contributed by atoms with E-state index < -0.39 is 23.7 Å². The van der Waals surface area contributed by atoms with Gasteiger partial charge in [0.1, 0.15) is 5.75 Å². The van der Waals surface area contributed by atoms with E-state index in [0.29, 0.717) is 5.56 Å². The molecule has 1 saturated heterocycles. The van der Waals surface area contributed by atoms with Crippen molar-refractivity contribution in [3.63, 3.8) is 0 Å². The summed E-state index contributed by atoms with van der Waals surface area (Å²) in [5, 5.41) is -0.562. The van der Waals surface area contributed by atoms with Crippen molar-refractivity contribution in [2.45, 2.75) is 27.2 Å². The summed E-state index contributed by atoms with van der Waals surface area (Å²) >= 11 is 24.6. The largest absolute Gasteiger partial charge is 0.426 e. The highest BCUT2D eigenvalue weighted by Crippen LogP contribution is 2.46. The van der Waals surface area contributed by atoms with Gasteiger partial charge in [0.15, 0.2) is 0 Å². The van der Waals surface area contributed by atoms with Crippen molar-refractivity contribution in [3.8, 4) is 5.75 Å². The van der Waals surface area contributed by atoms with Gasteiger partial charge in [-0.1, -0.05) is 52.5 Å². The quantitative estimate of drug-likeness (QED) is 0.105. The second kappa shape index (κ2) is 10.1. The SMILES string of the molecule is Cc1ccc(N2C[C@@H](C(=O)Oc3ccc(N4C(=O)c5c(Cl)c(Cl)c(Cl)c(Cl)c5C4=O)c(C)c3)CC2=O)cc1C. The van der Waals surface area contributed by atoms with Crippen LogP contribution in [-0.4, -0.2) is 30.2 Å². The first kappa shape index (κ1) is 27.5. The molecule has 2 aliphatic heterocycles. The Labute approximate surface area is 244 Å². The standard InChI is InChI=1S/C28H20Cl4N2O5/c1-12-4-5-16(8-13(12)2)33-11-15(10-19(33)35)28(38)39-17-6-7-18(14(3)9-17)34-26(36)20-21(27(34)37)23(30)25(32)24(31)22(20)29/h4-9,15H,10-11H2,1-3H3/t15-/m0/s1. The first-order chi connectivity index (χ1) is 18.4. The first-order valence-corrected chi connectivity index (χ1v) is 13.4. The van der Waals surface area contributed by atoms with Gasteiger partial charge in [0.2, 0.25) is 5.91 Å². The van der Waals surface area contributed by atoms with E-state index in [9.17, 15) is 19.2 Å². The molecule has 3 aromatic rings. The molecule has 1 atom stereocenters. The maximum absolute atomic E-state index is 13.2. The lowest BCUT2D eigenvalue weighted by Gasteiger charge is -2.19. The number of carbonyl (C=O) groups is 4. The van der Waals surface area contributed by atoms with Gasteiger partial charge in [-0.15, -0.1) is 0 Å². The van der Waals surface area contributed by atoms with Crippen LogP contribution in [0.5, 0.6) is 5.75 Å². The summed E-state index contributed by atoms with van der Waals surface area (Å²) in [6.45, 7) is 5.81. The maximum atomic E-state index is 13.2. The number of rotatable bonds is 4. The number of anilines is 2. The van der Waals surface area contributed by atoms with Crippen LogP contribution in [0.25, 0.3) is 0 Å². The Morgan fingerprint density at radius 1 is 0.795 bits per heavy atom. The number of amides is 3. The Kier molecular flexibility index (Phi) is 7.14. The molecule has 5 rings (SSSR count). The van der Waals surface area contributed by atoms with Gasteiger partial charge in [0.05, 0.1) is 42.8 Å². The minimum atomic E-state index is -0.704. The second-order valence-electron chi connectivity index (χ2n) is 9.49. The highest BCUT2D eigenvalue weighted by Gasteiger charge is 2.43. The van der Waals surface area contributed by atoms with Crippen LogP contribution in [0.2, 0.25) is 20.1 Å². The summed E-state index contributed by atoms with van der Waals surface area (Å²) in [4.78, 5) is 54.5. The predicted octanol–water partition coefficient (Wildman–Crippen LogP) is 6.98. The van der Waals surface area contributed by atoms with E-state index >= 15 is 0 Å². The van der Waals surface area contributed by atoms with Crippen molar-refractivity contribution < 1.29 is 23.9 Å². The molecule has 3 amide bonds. The average Bonchev–Trinajstić information content (AvgIpc) is 3.40. The molecule has 1 fully saturated rings. The van der Waals surface area contributed by atoms with Crippen molar-refractivity contribution in [1.29, 1.82) is 0 Å². The molecular formula is C28H20Cl4N2O5. The van der Waals surface area contributed by atoms with E-state index in [4.69, 9.17) is 51.1 Å². The Hall–Kier alpha value is -3.10. The number of hydrogen-bond donors (Lipinski definition) is 0. The summed E-state index contributed by atoms with van der Waals surface area (Å²) < 4.78 is 5.57. The van der Waals surface area contributed by atoms with E-state index in [0.717, 1.165) is 21.7 Å². The molecule has 0 aromatic heterocycles. The fourth-order valence-corrected chi connectivity index (χ4v) is 5.73. The molecule has 200 valence electrons. The molecule has 0 radical (unpaired) electrons. The van der Waals surface area contributed by atoms with Gasteiger partial charge in [-0.3, -0.25) is 19.2 Å². The number of halogens is 4. The number of imide groups is 1. The van der Waals surface area contributed by atoms with E-state index in [2.05, 4.69) is 0 Å². The van der Waals surface area contributed by atoms with Crippen LogP contribution in [-0.2, 0) is 9.59 Å². The lowest BCUT2D eigenvalue weighted by Crippen LogP contribution is -2.30. The van der Waals surface area contributed by atoms with Gasteiger partial charge in [-0.2, -0.15) is 0 Å². The molecule has 2 aliphatic rings. The average molecular weight is 606 g/mol. The molecule has 0 saturated carbocycles. The van der Waals surface area contributed by atoms with Gasteiger partial charge in [0.25, 0.3) is 11.8 Å². The van der Waals surface area contributed by atoms with E-state index in [-0.39, 0.29) is 61.5 Å². The normalized spacial score (nSPS) is 16.8. The number of nitrogens with zero attached hydrogens (tertiary/aromatic N) is 2. The summed E-state index contributed by atoms with van der Waals surface area (Å²) in [6.07, 6.45) is 0.0322. The lowest BCUT2D eigenvalue weighted by molar-refractivity contribution is -0.139. The Bertz CT molecular complexity index is 1570. The third kappa shape index (κ3) is 4.57. The smallest absolute Gasteiger partial charge is 0.316 e. The monoisotopic (exact) mass is 604 g/mol. The molecule has 2 heterocycles. The van der Waals surface area contributed by atoms with Gasteiger partial charge in [0, 0.05) is 18.7 Å². The summed E-state index contributed by atoms with van der Waals surface area (Å²) in [5.41, 5.74) is 3.36. The molecule has 0 aliphatic carbocycles. The molecule has 0 N–H and O–H groups in total. The van der Waals surface area contributed by atoms with Gasteiger partial charge >= 0.3 is 5.97 Å². The van der Waals surface area contributed by atoms with E-state index in [1.807, 2.05) is 32.0 Å². The molecule has 0 bridgehead atoms. The summed E-state index contributed by atoms with van der Waals surface area (Å²) in [6, 6.07) is 10.2. The van der Waals surface area contributed by atoms with Gasteiger partial charge in [-0.25, -0.2) is 4.90 Å². The van der Waals surface area contributed by atoms with Crippen LogP contribution in [0.15, 0.2) is 36.4 Å². The zero-order valence-electron chi connectivity index (χ0n) is 20.9. The molecule has 39 heavy (non-hydrogen) atoms. The van der Waals surface area contributed by atoms with Crippen molar-refractivity contribution in [2.24, 2.45) is 5.92 Å². The second-order valence-corrected chi connectivity index (χ2v) is 11.0. The first-order valence-electron chi connectivity index (χ1n) is 11.8. The highest BCUT2D eigenvalue weighted by atomic mass is 35.5. The Morgan fingerprint density at radius 3 is 1.97 bits per heavy atom. The number of hydrogen-bond acceptors (Lipinski definition) is 5. The van der Waals surface area contributed by atoms with Crippen LogP contribution in [0.4, 0.5) is 11.4 Å². The minimum Gasteiger partial charge on any atom is -0.426 e. The third-order valence-electron chi connectivity index (χ3n) is 6.99. The van der Waals surface area contributed by atoms with Crippen LogP contribution < -0.4 is 14.5 Å². The maximum Gasteiger partial charge on any atom is 0.316 e. The van der Waals surface area contributed by atoms with Gasteiger partial charge in [-0.05, 0) is 67.8 Å². The molecular weight excluding hydrogens is 586 g/mol. The van der Waals surface area contributed by atoms with E-state index in [1.54, 1.807) is 11.8 Å². The topological polar surface area (TPSA) is 84.0 Å². The number of esters is 1. The number of benzene rings is 3. The van der Waals surface area contributed by atoms with Crippen molar-refractivity contribution in [2.75, 3.05) is 16.3 Å². The lowest BCUT2D eigenvalue weighted by atomic mass is 10.1. The van der Waals surface area contributed by atoms with Crippen molar-refractivity contribution in [1.82, 2.24) is 0 Å². The van der Waals surface area contributed by atoms with Gasteiger partial charge < -0.3 is 9.64 Å². The number of ether oxygens (including phenoxy) is 1. The number of carbonyl (C=O) groups excluding carboxylic acids is 4. The Balaban J connectivity index is 1.34. The fourth-order valence-electron chi connectivity index (χ4n) is 4.72. The molecule has 0 unspecified atom stereocenters. The number of fused-ring (bicyclic) bond motifs is 1. The van der Waals surface area contributed by atoms with Crippen LogP contribution in [0.1, 0.15) is 43.8 Å². The predicted molar refractivity (Wildman–Crippen MR) is 151 cm³/mol. The zero-order chi connectivity index (χ0) is 28.3. The number of aryl methyl sites for hydroxylation is 3. The Morgan fingerprint density at radius 2 is 1.41 bits per heavy atom. The van der Waals surface area contributed by atoms with Crippen LogP contribution in [0, 0.1) is 26.7 Å². The molecule has 0 spiro atoms. The van der Waals surface area contributed by atoms with Crippen molar-refractivity contribution >= 4 is 81.5 Å². The molecule has 7 nitrogen and oxygen atoms in total. The van der Waals surface area contributed by atoms with E-state index in [1.165, 1.54) is 18.2 Å².